The molecule has 4 heteroatoms. The normalized spacial score (nSPS) is 36.1. The van der Waals surface area contributed by atoms with E-state index in [1.165, 1.54) is 51.4 Å². The van der Waals surface area contributed by atoms with Crippen LogP contribution in [0.1, 0.15) is 84.0 Å². The molecular weight excluding hydrogens is 396 g/mol. The second-order valence-electron chi connectivity index (χ2n) is 10.3. The van der Waals surface area contributed by atoms with Crippen molar-refractivity contribution in [2.45, 2.75) is 95.9 Å². The van der Waals surface area contributed by atoms with Gasteiger partial charge in [-0.15, -0.1) is 11.6 Å². The van der Waals surface area contributed by atoms with Gasteiger partial charge in [-0.25, -0.2) is 0 Å². The number of rotatable bonds is 7. The highest BCUT2D eigenvalue weighted by molar-refractivity contribution is 6.17. The lowest BCUT2D eigenvalue weighted by molar-refractivity contribution is -0.149. The van der Waals surface area contributed by atoms with Crippen molar-refractivity contribution in [3.05, 3.63) is 35.3 Å². The Hall–Kier alpha value is -0.930. The lowest BCUT2D eigenvalue weighted by Crippen LogP contribution is -2.43. The average Bonchev–Trinajstić information content (AvgIpc) is 3.34. The van der Waals surface area contributed by atoms with Gasteiger partial charge in [0, 0.05) is 30.7 Å². The number of hydrogen-bond donors (Lipinski definition) is 0. The zero-order valence-corrected chi connectivity index (χ0v) is 19.2. The van der Waals surface area contributed by atoms with Gasteiger partial charge in [0.25, 0.3) is 5.79 Å². The molecule has 4 aliphatic carbocycles. The minimum absolute atomic E-state index is 0.319. The number of halogens is 1. The van der Waals surface area contributed by atoms with Crippen LogP contribution < -0.4 is 0 Å². The molecule has 0 aromatic heterocycles. The molecule has 1 spiro atoms. The van der Waals surface area contributed by atoms with E-state index in [1.807, 2.05) is 0 Å². The van der Waals surface area contributed by atoms with Crippen molar-refractivity contribution in [3.8, 4) is 0 Å². The SMILES string of the molecule is C[C@]12CC=C3C4=C(CC[C@H]3[C@@H]1CC[C@@H]2OCCCCCCCl)CC1(CC4)OC=CO1. The average molecular weight is 433 g/mol. The Kier molecular flexibility index (Phi) is 5.96. The van der Waals surface area contributed by atoms with Gasteiger partial charge >= 0.3 is 0 Å². The van der Waals surface area contributed by atoms with Gasteiger partial charge in [0.1, 0.15) is 12.5 Å². The van der Waals surface area contributed by atoms with Crippen LogP contribution >= 0.6 is 11.6 Å². The smallest absolute Gasteiger partial charge is 0.253 e. The summed E-state index contributed by atoms with van der Waals surface area (Å²) in [5.74, 6) is 1.91. The molecule has 5 aliphatic rings. The van der Waals surface area contributed by atoms with Crippen molar-refractivity contribution in [3.63, 3.8) is 0 Å². The van der Waals surface area contributed by atoms with Gasteiger partial charge in [-0.1, -0.05) is 31.4 Å². The first kappa shape index (κ1) is 20.9. The number of alkyl halides is 1. The van der Waals surface area contributed by atoms with Crippen LogP contribution in [0.2, 0.25) is 0 Å². The molecule has 1 aliphatic heterocycles. The Balaban J connectivity index is 1.25. The van der Waals surface area contributed by atoms with Crippen LogP contribution in [0, 0.1) is 17.3 Å². The number of hydrogen-bond acceptors (Lipinski definition) is 3. The highest BCUT2D eigenvalue weighted by Crippen LogP contribution is 2.60. The number of ether oxygens (including phenoxy) is 3. The molecule has 3 nitrogen and oxygen atoms in total. The summed E-state index contributed by atoms with van der Waals surface area (Å²) in [6, 6.07) is 0. The third-order valence-electron chi connectivity index (χ3n) is 8.71. The Morgan fingerprint density at radius 1 is 1.07 bits per heavy atom. The first-order valence-electron chi connectivity index (χ1n) is 12.2. The molecule has 4 atom stereocenters. The maximum atomic E-state index is 6.49. The summed E-state index contributed by atoms with van der Waals surface area (Å²) < 4.78 is 18.2. The second-order valence-corrected chi connectivity index (χ2v) is 10.7. The van der Waals surface area contributed by atoms with Crippen molar-refractivity contribution < 1.29 is 14.2 Å². The molecule has 1 heterocycles. The zero-order chi connectivity index (χ0) is 20.6. The van der Waals surface area contributed by atoms with Crippen molar-refractivity contribution >= 4 is 11.6 Å². The standard InChI is InChI=1S/C26H37ClO3/c1-25-12-10-21-20-11-13-26(29-16-17-30-26)18-19(20)6-7-22(21)23(25)8-9-24(25)28-15-5-3-2-4-14-27/h10,16-17,22-24H,2-9,11-15,18H2,1H3/t22-,23+,24+,25+/m1/s1. The molecule has 0 aromatic rings. The Bertz CT molecular complexity index is 731. The highest BCUT2D eigenvalue weighted by Gasteiger charge is 2.54. The molecule has 0 unspecified atom stereocenters. The molecule has 30 heavy (non-hydrogen) atoms. The van der Waals surface area contributed by atoms with E-state index in [0.717, 1.165) is 50.0 Å². The Morgan fingerprint density at radius 2 is 1.90 bits per heavy atom. The molecule has 0 amide bonds. The summed E-state index contributed by atoms with van der Waals surface area (Å²) in [5, 5.41) is 0. The van der Waals surface area contributed by atoms with Crippen LogP contribution in [-0.2, 0) is 14.2 Å². The summed E-state index contributed by atoms with van der Waals surface area (Å²) in [5.41, 5.74) is 5.25. The van der Waals surface area contributed by atoms with E-state index in [1.54, 1.807) is 29.2 Å². The fraction of sp³-hybridized carbons (Fsp3) is 0.769. The van der Waals surface area contributed by atoms with Crippen molar-refractivity contribution in [1.29, 1.82) is 0 Å². The van der Waals surface area contributed by atoms with Gasteiger partial charge in [0.2, 0.25) is 0 Å². The lowest BCUT2D eigenvalue weighted by atomic mass is 9.58. The van der Waals surface area contributed by atoms with E-state index in [2.05, 4.69) is 13.0 Å². The van der Waals surface area contributed by atoms with E-state index in [9.17, 15) is 0 Å². The third-order valence-corrected chi connectivity index (χ3v) is 8.98. The summed E-state index contributed by atoms with van der Waals surface area (Å²) in [6.07, 6.45) is 20.5. The molecule has 5 rings (SSSR count). The van der Waals surface area contributed by atoms with Gasteiger partial charge in [-0.05, 0) is 74.3 Å². The first-order chi connectivity index (χ1) is 14.7. The highest BCUT2D eigenvalue weighted by atomic mass is 35.5. The molecule has 0 aromatic carbocycles. The molecule has 1 fully saturated rings. The van der Waals surface area contributed by atoms with Gasteiger partial charge in [0.15, 0.2) is 0 Å². The van der Waals surface area contributed by atoms with E-state index >= 15 is 0 Å². The number of fused-ring (bicyclic) bond motifs is 4. The van der Waals surface area contributed by atoms with E-state index < -0.39 is 5.79 Å². The van der Waals surface area contributed by atoms with Crippen LogP contribution in [0.5, 0.6) is 0 Å². The number of unbranched alkanes of at least 4 members (excludes halogenated alkanes) is 3. The van der Waals surface area contributed by atoms with E-state index in [0.29, 0.717) is 11.5 Å². The first-order valence-corrected chi connectivity index (χ1v) is 12.8. The summed E-state index contributed by atoms with van der Waals surface area (Å²) in [6.45, 7) is 3.43. The topological polar surface area (TPSA) is 27.7 Å². The summed E-state index contributed by atoms with van der Waals surface area (Å²) >= 11 is 5.79. The Labute approximate surface area is 186 Å². The van der Waals surface area contributed by atoms with E-state index in [-0.39, 0.29) is 0 Å². The lowest BCUT2D eigenvalue weighted by Gasteiger charge is -2.48. The van der Waals surface area contributed by atoms with Crippen LogP contribution in [0.15, 0.2) is 35.3 Å². The predicted octanol–water partition coefficient (Wildman–Crippen LogP) is 7.02. The molecular formula is C26H37ClO3. The Morgan fingerprint density at radius 3 is 2.73 bits per heavy atom. The van der Waals surface area contributed by atoms with Crippen molar-refractivity contribution in [2.24, 2.45) is 17.3 Å². The third kappa shape index (κ3) is 3.64. The maximum absolute atomic E-state index is 6.49. The van der Waals surface area contributed by atoms with Crippen LogP contribution in [-0.4, -0.2) is 24.4 Å². The molecule has 0 N–H and O–H groups in total. The minimum Gasteiger partial charge on any atom is -0.456 e. The second kappa shape index (κ2) is 8.54. The quantitative estimate of drug-likeness (QED) is 0.319. The summed E-state index contributed by atoms with van der Waals surface area (Å²) in [4.78, 5) is 0. The van der Waals surface area contributed by atoms with Crippen LogP contribution in [0.4, 0.5) is 0 Å². The maximum Gasteiger partial charge on any atom is 0.253 e. The van der Waals surface area contributed by atoms with Gasteiger partial charge in [0.05, 0.1) is 6.10 Å². The number of allylic oxidation sites excluding steroid dienone is 3. The molecule has 0 radical (unpaired) electrons. The largest absolute Gasteiger partial charge is 0.456 e. The minimum atomic E-state index is -0.397. The molecule has 0 saturated heterocycles. The molecule has 166 valence electrons. The molecule has 0 bridgehead atoms. The van der Waals surface area contributed by atoms with Crippen LogP contribution in [0.3, 0.4) is 0 Å². The van der Waals surface area contributed by atoms with Gasteiger partial charge < -0.3 is 14.2 Å². The monoisotopic (exact) mass is 432 g/mol. The van der Waals surface area contributed by atoms with Crippen molar-refractivity contribution in [1.82, 2.24) is 0 Å². The molecule has 1 saturated carbocycles. The van der Waals surface area contributed by atoms with Gasteiger partial charge in [-0.2, -0.15) is 0 Å². The summed E-state index contributed by atoms with van der Waals surface area (Å²) in [7, 11) is 0. The fourth-order valence-corrected chi connectivity index (χ4v) is 7.28. The van der Waals surface area contributed by atoms with Crippen LogP contribution in [0.25, 0.3) is 0 Å². The van der Waals surface area contributed by atoms with Crippen molar-refractivity contribution in [2.75, 3.05) is 12.5 Å². The predicted molar refractivity (Wildman–Crippen MR) is 120 cm³/mol. The fourth-order valence-electron chi connectivity index (χ4n) is 7.09. The van der Waals surface area contributed by atoms with Gasteiger partial charge in [-0.3, -0.25) is 0 Å². The zero-order valence-electron chi connectivity index (χ0n) is 18.5. The van der Waals surface area contributed by atoms with E-state index in [4.69, 9.17) is 25.8 Å².